The molecule has 1 saturated heterocycles. The molecule has 2 rings (SSSR count). The molecular weight excluding hydrogens is 248 g/mol. The fourth-order valence-electron chi connectivity index (χ4n) is 2.76. The Hall–Kier alpha value is -1.82. The second kappa shape index (κ2) is 6.56. The quantitative estimate of drug-likeness (QED) is 0.846. The number of benzene rings is 1. The first-order valence-corrected chi connectivity index (χ1v) is 7.37. The second-order valence-corrected chi connectivity index (χ2v) is 5.81. The van der Waals surface area contributed by atoms with Crippen molar-refractivity contribution in [3.63, 3.8) is 0 Å². The summed E-state index contributed by atoms with van der Waals surface area (Å²) < 4.78 is 0. The lowest BCUT2D eigenvalue weighted by atomic mass is 9.87. The van der Waals surface area contributed by atoms with Crippen molar-refractivity contribution in [1.82, 2.24) is 4.90 Å². The Morgan fingerprint density at radius 1 is 1.30 bits per heavy atom. The molecule has 1 fully saturated rings. The van der Waals surface area contributed by atoms with E-state index in [0.29, 0.717) is 5.92 Å². The van der Waals surface area contributed by atoms with Crippen molar-refractivity contribution in [2.75, 3.05) is 13.1 Å². The number of nitrogens with zero attached hydrogens (tertiary/aromatic N) is 2. The number of nitriles is 1. The molecule has 2 unspecified atom stereocenters. The number of hydrogen-bond acceptors (Lipinski definition) is 2. The van der Waals surface area contributed by atoms with Crippen LogP contribution in [0, 0.1) is 23.2 Å². The van der Waals surface area contributed by atoms with Crippen LogP contribution in [0.5, 0.6) is 0 Å². The Kier molecular flexibility index (Phi) is 4.79. The molecule has 1 heterocycles. The van der Waals surface area contributed by atoms with Gasteiger partial charge in [-0.2, -0.15) is 5.26 Å². The van der Waals surface area contributed by atoms with Crippen LogP contribution in [0.15, 0.2) is 30.3 Å². The molecule has 1 amide bonds. The van der Waals surface area contributed by atoms with Crippen molar-refractivity contribution >= 4 is 5.91 Å². The van der Waals surface area contributed by atoms with Crippen LogP contribution in [0.2, 0.25) is 0 Å². The molecule has 0 saturated carbocycles. The predicted molar refractivity (Wildman–Crippen MR) is 78.9 cm³/mol. The highest BCUT2D eigenvalue weighted by atomic mass is 16.2. The molecule has 3 nitrogen and oxygen atoms in total. The van der Waals surface area contributed by atoms with E-state index in [2.05, 4.69) is 13.0 Å². The average Bonchev–Trinajstić information content (AvgIpc) is 2.49. The minimum atomic E-state index is -0.578. The van der Waals surface area contributed by atoms with Gasteiger partial charge in [-0.1, -0.05) is 44.2 Å². The zero-order chi connectivity index (χ0) is 14.5. The topological polar surface area (TPSA) is 44.1 Å². The summed E-state index contributed by atoms with van der Waals surface area (Å²) in [4.78, 5) is 14.4. The zero-order valence-corrected chi connectivity index (χ0v) is 12.2. The van der Waals surface area contributed by atoms with E-state index < -0.39 is 5.92 Å². The third-order valence-electron chi connectivity index (χ3n) is 4.33. The average molecular weight is 270 g/mol. The summed E-state index contributed by atoms with van der Waals surface area (Å²) in [5.74, 6) is 0.0424. The van der Waals surface area contributed by atoms with Crippen LogP contribution < -0.4 is 0 Å². The summed E-state index contributed by atoms with van der Waals surface area (Å²) in [6.07, 6.45) is 2.09. The van der Waals surface area contributed by atoms with Gasteiger partial charge in [0.15, 0.2) is 0 Å². The molecule has 2 atom stereocenters. The molecule has 0 aromatic heterocycles. The number of likely N-dealkylation sites (tertiary alicyclic amines) is 1. The number of amides is 1. The van der Waals surface area contributed by atoms with Gasteiger partial charge in [0.2, 0.25) is 5.91 Å². The number of rotatable bonds is 3. The Morgan fingerprint density at radius 2 is 1.90 bits per heavy atom. The van der Waals surface area contributed by atoms with Gasteiger partial charge in [0.05, 0.1) is 6.07 Å². The predicted octanol–water partition coefficient (Wildman–Crippen LogP) is 3.19. The summed E-state index contributed by atoms with van der Waals surface area (Å²) in [5, 5.41) is 9.41. The largest absolute Gasteiger partial charge is 0.342 e. The standard InChI is InChI=1S/C17H22N2O/c1-13-8-10-19(11-9-13)17(20)16(12-18)14(2)15-6-4-3-5-7-15/h3-7,13-14,16H,8-11H2,1-2H3. The van der Waals surface area contributed by atoms with Crippen molar-refractivity contribution < 1.29 is 4.79 Å². The maximum absolute atomic E-state index is 12.6. The molecule has 20 heavy (non-hydrogen) atoms. The first-order valence-electron chi connectivity index (χ1n) is 7.37. The summed E-state index contributed by atoms with van der Waals surface area (Å²) in [5.41, 5.74) is 1.05. The Balaban J connectivity index is 2.08. The van der Waals surface area contributed by atoms with E-state index in [1.807, 2.05) is 42.2 Å². The summed E-state index contributed by atoms with van der Waals surface area (Å²) >= 11 is 0. The Bertz CT molecular complexity index is 483. The molecule has 106 valence electrons. The van der Waals surface area contributed by atoms with E-state index in [1.165, 1.54) is 0 Å². The molecule has 0 spiro atoms. The van der Waals surface area contributed by atoms with Crippen molar-refractivity contribution in [2.24, 2.45) is 11.8 Å². The third kappa shape index (κ3) is 3.19. The lowest BCUT2D eigenvalue weighted by Crippen LogP contribution is -2.42. The number of carbonyl (C=O) groups is 1. The molecule has 1 aromatic rings. The maximum atomic E-state index is 12.6. The maximum Gasteiger partial charge on any atom is 0.240 e. The lowest BCUT2D eigenvalue weighted by molar-refractivity contribution is -0.135. The Morgan fingerprint density at radius 3 is 2.45 bits per heavy atom. The molecule has 0 bridgehead atoms. The van der Waals surface area contributed by atoms with E-state index >= 15 is 0 Å². The molecule has 0 N–H and O–H groups in total. The van der Waals surface area contributed by atoms with E-state index in [9.17, 15) is 10.1 Å². The normalized spacial score (nSPS) is 19.1. The van der Waals surface area contributed by atoms with Crippen molar-refractivity contribution in [3.8, 4) is 6.07 Å². The van der Waals surface area contributed by atoms with Crippen molar-refractivity contribution in [2.45, 2.75) is 32.6 Å². The molecule has 1 aliphatic rings. The molecule has 1 aliphatic heterocycles. The van der Waals surface area contributed by atoms with Gasteiger partial charge < -0.3 is 4.90 Å². The molecule has 0 aliphatic carbocycles. The highest BCUT2D eigenvalue weighted by Gasteiger charge is 2.31. The third-order valence-corrected chi connectivity index (χ3v) is 4.33. The molecular formula is C17H22N2O. The van der Waals surface area contributed by atoms with Crippen LogP contribution in [0.4, 0.5) is 0 Å². The first kappa shape index (κ1) is 14.6. The highest BCUT2D eigenvalue weighted by Crippen LogP contribution is 2.27. The summed E-state index contributed by atoms with van der Waals surface area (Å²) in [6, 6.07) is 12.0. The lowest BCUT2D eigenvalue weighted by Gasteiger charge is -2.32. The second-order valence-electron chi connectivity index (χ2n) is 5.81. The van der Waals surface area contributed by atoms with Gasteiger partial charge in [-0.15, -0.1) is 0 Å². The van der Waals surface area contributed by atoms with E-state index in [-0.39, 0.29) is 11.8 Å². The van der Waals surface area contributed by atoms with Gasteiger partial charge in [-0.3, -0.25) is 4.79 Å². The van der Waals surface area contributed by atoms with E-state index in [0.717, 1.165) is 31.5 Å². The summed E-state index contributed by atoms with van der Waals surface area (Å²) in [7, 11) is 0. The van der Waals surface area contributed by atoms with Crippen LogP contribution in [0.25, 0.3) is 0 Å². The number of carbonyl (C=O) groups excluding carboxylic acids is 1. The Labute approximate surface area is 121 Å². The minimum Gasteiger partial charge on any atom is -0.342 e. The SMILES string of the molecule is CC1CCN(C(=O)C(C#N)C(C)c2ccccc2)CC1. The van der Waals surface area contributed by atoms with Gasteiger partial charge in [0.1, 0.15) is 5.92 Å². The van der Waals surface area contributed by atoms with Crippen LogP contribution in [-0.2, 0) is 4.79 Å². The fraction of sp³-hybridized carbons (Fsp3) is 0.529. The van der Waals surface area contributed by atoms with Crippen LogP contribution in [0.1, 0.15) is 38.2 Å². The zero-order valence-electron chi connectivity index (χ0n) is 12.2. The smallest absolute Gasteiger partial charge is 0.240 e. The molecule has 1 aromatic carbocycles. The minimum absolute atomic E-state index is 0.00393. The van der Waals surface area contributed by atoms with Crippen LogP contribution in [-0.4, -0.2) is 23.9 Å². The number of hydrogen-bond donors (Lipinski definition) is 0. The van der Waals surface area contributed by atoms with Gasteiger partial charge >= 0.3 is 0 Å². The van der Waals surface area contributed by atoms with Gasteiger partial charge in [-0.25, -0.2) is 0 Å². The van der Waals surface area contributed by atoms with Gasteiger partial charge in [0, 0.05) is 19.0 Å². The van der Waals surface area contributed by atoms with Crippen molar-refractivity contribution in [1.29, 1.82) is 5.26 Å². The summed E-state index contributed by atoms with van der Waals surface area (Å²) in [6.45, 7) is 5.77. The molecule has 0 radical (unpaired) electrons. The monoisotopic (exact) mass is 270 g/mol. The van der Waals surface area contributed by atoms with Crippen LogP contribution >= 0.6 is 0 Å². The van der Waals surface area contributed by atoms with E-state index in [4.69, 9.17) is 0 Å². The fourth-order valence-corrected chi connectivity index (χ4v) is 2.76. The van der Waals surface area contributed by atoms with Crippen molar-refractivity contribution in [3.05, 3.63) is 35.9 Å². The highest BCUT2D eigenvalue weighted by molar-refractivity contribution is 5.82. The van der Waals surface area contributed by atoms with Crippen LogP contribution in [0.3, 0.4) is 0 Å². The molecule has 3 heteroatoms. The number of piperidine rings is 1. The van der Waals surface area contributed by atoms with E-state index in [1.54, 1.807) is 0 Å². The van der Waals surface area contributed by atoms with Gasteiger partial charge in [-0.05, 0) is 24.3 Å². The first-order chi connectivity index (χ1) is 9.63. The van der Waals surface area contributed by atoms with Gasteiger partial charge in [0.25, 0.3) is 0 Å².